The number of aliphatic imine (C=N–C) groups is 1. The average molecular weight is 303 g/mol. The molecule has 110 valence electrons. The zero-order valence-electron chi connectivity index (χ0n) is 11.7. The van der Waals surface area contributed by atoms with Gasteiger partial charge in [-0.1, -0.05) is 60.7 Å². The lowest BCUT2D eigenvalue weighted by Gasteiger charge is -2.12. The molecule has 5 heteroatoms. The molecule has 0 amide bonds. The Hall–Kier alpha value is -1.98. The SMILES string of the molecule is CS(=O)(=O)OCC(/N=C/c1ccccc1)c1ccccc1. The Morgan fingerprint density at radius 2 is 1.62 bits per heavy atom. The van der Waals surface area contributed by atoms with Crippen LogP contribution in [0.4, 0.5) is 0 Å². The lowest BCUT2D eigenvalue weighted by molar-refractivity contribution is 0.298. The fourth-order valence-corrected chi connectivity index (χ4v) is 2.18. The minimum absolute atomic E-state index is 0.00776. The van der Waals surface area contributed by atoms with Gasteiger partial charge in [0, 0.05) is 6.21 Å². The third-order valence-electron chi connectivity index (χ3n) is 2.83. The van der Waals surface area contributed by atoms with Gasteiger partial charge >= 0.3 is 0 Å². The van der Waals surface area contributed by atoms with Gasteiger partial charge < -0.3 is 0 Å². The van der Waals surface area contributed by atoms with Gasteiger partial charge in [-0.05, 0) is 11.1 Å². The molecule has 0 N–H and O–H groups in total. The number of hydrogen-bond donors (Lipinski definition) is 0. The van der Waals surface area contributed by atoms with Crippen LogP contribution in [0, 0.1) is 0 Å². The van der Waals surface area contributed by atoms with Crippen molar-refractivity contribution in [2.75, 3.05) is 12.9 Å². The van der Waals surface area contributed by atoms with Crippen LogP contribution >= 0.6 is 0 Å². The molecule has 0 saturated heterocycles. The summed E-state index contributed by atoms with van der Waals surface area (Å²) < 4.78 is 27.2. The van der Waals surface area contributed by atoms with Crippen molar-refractivity contribution in [3.8, 4) is 0 Å². The number of hydrogen-bond acceptors (Lipinski definition) is 4. The summed E-state index contributed by atoms with van der Waals surface area (Å²) in [7, 11) is -3.48. The second-order valence-corrected chi connectivity index (χ2v) is 6.25. The van der Waals surface area contributed by atoms with Crippen LogP contribution in [0.15, 0.2) is 65.7 Å². The Balaban J connectivity index is 2.18. The van der Waals surface area contributed by atoms with E-state index < -0.39 is 10.1 Å². The average Bonchev–Trinajstić information content (AvgIpc) is 2.48. The highest BCUT2D eigenvalue weighted by molar-refractivity contribution is 7.85. The standard InChI is InChI=1S/C16H17NO3S/c1-21(18,19)20-13-16(15-10-6-3-7-11-15)17-12-14-8-4-2-5-9-14/h2-12,16H,13H2,1H3/b17-12+. The van der Waals surface area contributed by atoms with Crippen molar-refractivity contribution in [3.63, 3.8) is 0 Å². The highest BCUT2D eigenvalue weighted by atomic mass is 32.2. The Morgan fingerprint density at radius 3 is 2.19 bits per heavy atom. The molecule has 2 aromatic rings. The third kappa shape index (κ3) is 5.49. The van der Waals surface area contributed by atoms with Crippen LogP contribution in [-0.4, -0.2) is 27.5 Å². The maximum atomic E-state index is 11.2. The molecular weight excluding hydrogens is 286 g/mol. The molecule has 0 saturated carbocycles. The molecule has 4 nitrogen and oxygen atoms in total. The lowest BCUT2D eigenvalue weighted by atomic mass is 10.1. The molecule has 0 aliphatic rings. The van der Waals surface area contributed by atoms with Gasteiger partial charge in [0.05, 0.1) is 18.9 Å². The van der Waals surface area contributed by atoms with Gasteiger partial charge in [-0.25, -0.2) is 0 Å². The number of rotatable bonds is 6. The Bertz CT molecular complexity index is 682. The van der Waals surface area contributed by atoms with Gasteiger partial charge in [0.1, 0.15) is 0 Å². The summed E-state index contributed by atoms with van der Waals surface area (Å²) in [5, 5.41) is 0. The summed E-state index contributed by atoms with van der Waals surface area (Å²) in [6.07, 6.45) is 2.76. The van der Waals surface area contributed by atoms with E-state index in [0.29, 0.717) is 0 Å². The van der Waals surface area contributed by atoms with Crippen molar-refractivity contribution >= 4 is 16.3 Å². The van der Waals surface area contributed by atoms with E-state index in [-0.39, 0.29) is 12.6 Å². The summed E-state index contributed by atoms with van der Waals surface area (Å²) in [6, 6.07) is 18.8. The molecule has 0 aromatic heterocycles. The van der Waals surface area contributed by atoms with Crippen LogP contribution in [0.3, 0.4) is 0 Å². The van der Waals surface area contributed by atoms with Crippen molar-refractivity contribution in [2.24, 2.45) is 4.99 Å². The number of nitrogens with zero attached hydrogens (tertiary/aromatic N) is 1. The first-order chi connectivity index (χ1) is 10.0. The van der Waals surface area contributed by atoms with Crippen LogP contribution in [-0.2, 0) is 14.3 Å². The molecule has 0 fully saturated rings. The molecule has 0 heterocycles. The summed E-state index contributed by atoms with van der Waals surface area (Å²) in [6.45, 7) is -0.00776. The van der Waals surface area contributed by atoms with Crippen LogP contribution < -0.4 is 0 Å². The van der Waals surface area contributed by atoms with Gasteiger partial charge in [-0.15, -0.1) is 0 Å². The van der Waals surface area contributed by atoms with E-state index in [1.165, 1.54) is 0 Å². The molecule has 21 heavy (non-hydrogen) atoms. The predicted octanol–water partition coefficient (Wildman–Crippen LogP) is 2.82. The van der Waals surface area contributed by atoms with E-state index in [4.69, 9.17) is 4.18 Å². The van der Waals surface area contributed by atoms with Gasteiger partial charge in [0.2, 0.25) is 0 Å². The molecule has 0 radical (unpaired) electrons. The van der Waals surface area contributed by atoms with Gasteiger partial charge in [-0.3, -0.25) is 9.18 Å². The fraction of sp³-hybridized carbons (Fsp3) is 0.188. The second kappa shape index (κ2) is 7.15. The maximum Gasteiger partial charge on any atom is 0.264 e. The highest BCUT2D eigenvalue weighted by Crippen LogP contribution is 2.18. The van der Waals surface area contributed by atoms with Crippen LogP contribution in [0.2, 0.25) is 0 Å². The van der Waals surface area contributed by atoms with E-state index in [0.717, 1.165) is 17.4 Å². The summed E-state index contributed by atoms with van der Waals surface area (Å²) in [5.74, 6) is 0. The van der Waals surface area contributed by atoms with E-state index in [1.54, 1.807) is 6.21 Å². The fourth-order valence-electron chi connectivity index (χ4n) is 1.80. The van der Waals surface area contributed by atoms with Crippen molar-refractivity contribution in [1.29, 1.82) is 0 Å². The molecule has 0 aliphatic heterocycles. The molecule has 0 bridgehead atoms. The molecule has 0 aliphatic carbocycles. The Morgan fingerprint density at radius 1 is 1.05 bits per heavy atom. The second-order valence-electron chi connectivity index (χ2n) is 4.60. The monoisotopic (exact) mass is 303 g/mol. The third-order valence-corrected chi connectivity index (χ3v) is 3.39. The van der Waals surface area contributed by atoms with E-state index >= 15 is 0 Å². The normalized spacial score (nSPS) is 13.4. The quantitative estimate of drug-likeness (QED) is 0.609. The minimum Gasteiger partial charge on any atom is -0.282 e. The zero-order valence-corrected chi connectivity index (χ0v) is 12.5. The van der Waals surface area contributed by atoms with E-state index in [9.17, 15) is 8.42 Å². The topological polar surface area (TPSA) is 55.7 Å². The minimum atomic E-state index is -3.48. The molecule has 1 unspecified atom stereocenters. The van der Waals surface area contributed by atoms with Crippen molar-refractivity contribution in [2.45, 2.75) is 6.04 Å². The Kier molecular flexibility index (Phi) is 5.25. The molecule has 1 atom stereocenters. The van der Waals surface area contributed by atoms with Gasteiger partial charge in [0.25, 0.3) is 10.1 Å². The molecule has 2 rings (SSSR count). The van der Waals surface area contributed by atoms with Gasteiger partial charge in [0.15, 0.2) is 0 Å². The van der Waals surface area contributed by atoms with E-state index in [2.05, 4.69) is 4.99 Å². The molecule has 2 aromatic carbocycles. The van der Waals surface area contributed by atoms with Gasteiger partial charge in [-0.2, -0.15) is 8.42 Å². The van der Waals surface area contributed by atoms with Crippen molar-refractivity contribution in [3.05, 3.63) is 71.8 Å². The lowest BCUT2D eigenvalue weighted by Crippen LogP contribution is -2.11. The molecular formula is C16H17NO3S. The van der Waals surface area contributed by atoms with Crippen LogP contribution in [0.25, 0.3) is 0 Å². The van der Waals surface area contributed by atoms with Crippen LogP contribution in [0.1, 0.15) is 17.2 Å². The summed E-state index contributed by atoms with van der Waals surface area (Å²) >= 11 is 0. The smallest absolute Gasteiger partial charge is 0.264 e. The summed E-state index contributed by atoms with van der Waals surface area (Å²) in [5.41, 5.74) is 1.87. The predicted molar refractivity (Wildman–Crippen MR) is 84.0 cm³/mol. The first-order valence-corrected chi connectivity index (χ1v) is 8.34. The van der Waals surface area contributed by atoms with Crippen LogP contribution in [0.5, 0.6) is 0 Å². The maximum absolute atomic E-state index is 11.2. The molecule has 0 spiro atoms. The van der Waals surface area contributed by atoms with Crippen molar-refractivity contribution in [1.82, 2.24) is 0 Å². The number of benzene rings is 2. The summed E-state index contributed by atoms with van der Waals surface area (Å²) in [4.78, 5) is 4.45. The first kappa shape index (κ1) is 15.4. The van der Waals surface area contributed by atoms with Crippen molar-refractivity contribution < 1.29 is 12.6 Å². The zero-order chi connectivity index (χ0) is 15.1. The highest BCUT2D eigenvalue weighted by Gasteiger charge is 2.12. The largest absolute Gasteiger partial charge is 0.282 e. The first-order valence-electron chi connectivity index (χ1n) is 6.52. The van der Waals surface area contributed by atoms with E-state index in [1.807, 2.05) is 60.7 Å². The Labute approximate surface area is 125 Å².